The molecule has 6 nitrogen and oxygen atoms in total. The second kappa shape index (κ2) is 9.36. The fourth-order valence-corrected chi connectivity index (χ4v) is 6.93. The average molecular weight is 522 g/mol. The number of hydrogen-bond donors (Lipinski definition) is 1. The first kappa shape index (κ1) is 25.0. The van der Waals surface area contributed by atoms with Gasteiger partial charge in [0.25, 0.3) is 0 Å². The van der Waals surface area contributed by atoms with E-state index in [1.807, 2.05) is 0 Å². The van der Waals surface area contributed by atoms with Gasteiger partial charge in [0.1, 0.15) is 9.84 Å². The first-order valence-corrected chi connectivity index (χ1v) is 14.2. The highest BCUT2D eigenvalue weighted by Gasteiger charge is 2.47. The Morgan fingerprint density at radius 2 is 1.75 bits per heavy atom. The lowest BCUT2D eigenvalue weighted by molar-refractivity contribution is -0.191. The van der Waals surface area contributed by atoms with Crippen molar-refractivity contribution in [1.82, 2.24) is 9.88 Å². The molecule has 5 rings (SSSR count). The van der Waals surface area contributed by atoms with Crippen molar-refractivity contribution in [2.75, 3.05) is 23.9 Å². The van der Waals surface area contributed by atoms with E-state index in [0.717, 1.165) is 19.9 Å². The number of fused-ring (bicyclic) bond motifs is 1. The Balaban J connectivity index is 1.25. The number of carbonyl (C=O) groups is 1. The van der Waals surface area contributed by atoms with Gasteiger partial charge in [-0.05, 0) is 73.3 Å². The SMILES string of the molecule is CN(C(=O)C1CCS(=O)(=O)CC1)[C@@H](c1ccc(NC2Cc3ccc(C4CC4)cc3C2)cn1)C(F)(F)F. The zero-order valence-electron chi connectivity index (χ0n) is 20.1. The molecule has 0 bridgehead atoms. The minimum Gasteiger partial charge on any atom is -0.380 e. The largest absolute Gasteiger partial charge is 0.414 e. The van der Waals surface area contributed by atoms with Gasteiger partial charge in [-0.25, -0.2) is 8.42 Å². The van der Waals surface area contributed by atoms with Crippen molar-refractivity contribution in [3.05, 3.63) is 58.9 Å². The number of hydrogen-bond acceptors (Lipinski definition) is 5. The van der Waals surface area contributed by atoms with E-state index in [1.54, 1.807) is 6.07 Å². The van der Waals surface area contributed by atoms with Gasteiger partial charge in [0.05, 0.1) is 29.1 Å². The fraction of sp³-hybridized carbons (Fsp3) is 0.538. The lowest BCUT2D eigenvalue weighted by Crippen LogP contribution is -2.44. The summed E-state index contributed by atoms with van der Waals surface area (Å²) in [6, 6.07) is 7.51. The number of alkyl halides is 3. The highest BCUT2D eigenvalue weighted by molar-refractivity contribution is 7.91. The maximum atomic E-state index is 14.0. The molecule has 2 heterocycles. The topological polar surface area (TPSA) is 79.4 Å². The summed E-state index contributed by atoms with van der Waals surface area (Å²) in [5.41, 5.74) is 4.39. The predicted octanol–water partition coefficient (Wildman–Crippen LogP) is 4.42. The van der Waals surface area contributed by atoms with Crippen LogP contribution in [-0.4, -0.2) is 55.0 Å². The zero-order valence-corrected chi connectivity index (χ0v) is 20.9. The van der Waals surface area contributed by atoms with E-state index in [0.29, 0.717) is 16.5 Å². The Bertz CT molecular complexity index is 1230. The summed E-state index contributed by atoms with van der Waals surface area (Å²) in [7, 11) is -2.11. The van der Waals surface area contributed by atoms with Crippen LogP contribution in [0.4, 0.5) is 18.9 Å². The van der Waals surface area contributed by atoms with Crippen molar-refractivity contribution in [3.63, 3.8) is 0 Å². The number of nitrogens with zero attached hydrogens (tertiary/aromatic N) is 2. The molecule has 0 radical (unpaired) electrons. The summed E-state index contributed by atoms with van der Waals surface area (Å²) in [4.78, 5) is 17.6. The molecule has 1 aliphatic heterocycles. The maximum absolute atomic E-state index is 14.0. The Morgan fingerprint density at radius 3 is 2.36 bits per heavy atom. The number of pyridine rings is 1. The van der Waals surface area contributed by atoms with E-state index in [1.165, 1.54) is 41.8 Å². The smallest absolute Gasteiger partial charge is 0.380 e. The number of halogens is 3. The number of sulfone groups is 1. The van der Waals surface area contributed by atoms with Crippen LogP contribution in [0.15, 0.2) is 36.5 Å². The Labute approximate surface area is 209 Å². The van der Waals surface area contributed by atoms with Crippen LogP contribution in [0.25, 0.3) is 0 Å². The fourth-order valence-electron chi connectivity index (χ4n) is 5.44. The molecule has 3 aliphatic rings. The molecule has 36 heavy (non-hydrogen) atoms. The molecule has 1 saturated heterocycles. The lowest BCUT2D eigenvalue weighted by atomic mass is 9.99. The number of benzene rings is 1. The predicted molar refractivity (Wildman–Crippen MR) is 130 cm³/mol. The van der Waals surface area contributed by atoms with E-state index >= 15 is 0 Å². The zero-order chi connectivity index (χ0) is 25.7. The number of aromatic nitrogens is 1. The summed E-state index contributed by atoms with van der Waals surface area (Å²) < 4.78 is 65.4. The van der Waals surface area contributed by atoms with Crippen molar-refractivity contribution in [2.45, 2.75) is 62.7 Å². The molecule has 194 valence electrons. The van der Waals surface area contributed by atoms with Crippen LogP contribution < -0.4 is 5.32 Å². The third-order valence-corrected chi connectivity index (χ3v) is 9.31. The van der Waals surface area contributed by atoms with Gasteiger partial charge in [0, 0.05) is 19.0 Å². The van der Waals surface area contributed by atoms with Crippen molar-refractivity contribution >= 4 is 21.4 Å². The van der Waals surface area contributed by atoms with E-state index in [-0.39, 0.29) is 36.1 Å². The summed E-state index contributed by atoms with van der Waals surface area (Å²) in [5, 5.41) is 3.39. The van der Waals surface area contributed by atoms with Crippen LogP contribution in [0, 0.1) is 5.92 Å². The van der Waals surface area contributed by atoms with Crippen LogP contribution in [0.1, 0.15) is 60.0 Å². The van der Waals surface area contributed by atoms with E-state index < -0.39 is 33.9 Å². The highest BCUT2D eigenvalue weighted by Crippen LogP contribution is 2.42. The molecule has 1 amide bonds. The van der Waals surface area contributed by atoms with E-state index in [9.17, 15) is 26.4 Å². The van der Waals surface area contributed by atoms with Crippen molar-refractivity contribution < 1.29 is 26.4 Å². The molecule has 1 aromatic heterocycles. The van der Waals surface area contributed by atoms with Crippen LogP contribution >= 0.6 is 0 Å². The van der Waals surface area contributed by atoms with Gasteiger partial charge < -0.3 is 10.2 Å². The summed E-state index contributed by atoms with van der Waals surface area (Å²) in [6.45, 7) is 0. The van der Waals surface area contributed by atoms with Crippen molar-refractivity contribution in [2.24, 2.45) is 5.92 Å². The van der Waals surface area contributed by atoms with E-state index in [4.69, 9.17) is 0 Å². The van der Waals surface area contributed by atoms with Crippen LogP contribution in [-0.2, 0) is 27.5 Å². The molecule has 0 spiro atoms. The third kappa shape index (κ3) is 5.38. The number of amides is 1. The van der Waals surface area contributed by atoms with Gasteiger partial charge in [-0.1, -0.05) is 18.2 Å². The Hall–Kier alpha value is -2.62. The monoisotopic (exact) mass is 521 g/mol. The van der Waals surface area contributed by atoms with Crippen molar-refractivity contribution in [3.8, 4) is 0 Å². The Kier molecular flexibility index (Phi) is 6.51. The molecule has 10 heteroatoms. The van der Waals surface area contributed by atoms with Gasteiger partial charge >= 0.3 is 6.18 Å². The van der Waals surface area contributed by atoms with Gasteiger partial charge in [0.15, 0.2) is 6.04 Å². The molecule has 1 unspecified atom stereocenters. The van der Waals surface area contributed by atoms with E-state index in [2.05, 4.69) is 28.5 Å². The maximum Gasteiger partial charge on any atom is 0.414 e. The standard InChI is InChI=1S/C26H30F3N3O3S/c1-32(25(33)17-8-10-36(34,35)11-9-17)24(26(27,28)29)23-7-6-21(15-30-23)31-22-13-19-5-4-18(16-2-3-16)12-20(19)14-22/h4-7,12,15-17,22,24,31H,2-3,8-11,13-14H2,1H3/t22?,24-/m0/s1. The molecule has 2 fully saturated rings. The van der Waals surface area contributed by atoms with Gasteiger partial charge in [0.2, 0.25) is 5.91 Å². The number of nitrogens with one attached hydrogen (secondary N) is 1. The number of carbonyl (C=O) groups excluding carboxylic acids is 1. The number of anilines is 1. The minimum absolute atomic E-state index is 0.0400. The number of rotatable bonds is 6. The minimum atomic E-state index is -4.72. The second-order valence-electron chi connectivity index (χ2n) is 10.3. The summed E-state index contributed by atoms with van der Waals surface area (Å²) >= 11 is 0. The van der Waals surface area contributed by atoms with Gasteiger partial charge in [-0.2, -0.15) is 13.2 Å². The highest BCUT2D eigenvalue weighted by atomic mass is 32.2. The average Bonchev–Trinajstić information content (AvgIpc) is 3.59. The molecule has 2 aliphatic carbocycles. The molecular formula is C26H30F3N3O3S. The summed E-state index contributed by atoms with van der Waals surface area (Å²) in [6.07, 6.45) is 0.953. The molecule has 2 atom stereocenters. The first-order valence-electron chi connectivity index (χ1n) is 12.4. The summed E-state index contributed by atoms with van der Waals surface area (Å²) in [5.74, 6) is -1.12. The lowest BCUT2D eigenvalue weighted by Gasteiger charge is -2.33. The van der Waals surface area contributed by atoms with Gasteiger partial charge in [-0.15, -0.1) is 0 Å². The normalized spacial score (nSPS) is 22.6. The molecule has 1 N–H and O–H groups in total. The molecule has 2 aromatic rings. The van der Waals surface area contributed by atoms with Gasteiger partial charge in [-0.3, -0.25) is 9.78 Å². The molecular weight excluding hydrogens is 491 g/mol. The van der Waals surface area contributed by atoms with Crippen LogP contribution in [0.2, 0.25) is 0 Å². The molecule has 1 saturated carbocycles. The molecule has 1 aromatic carbocycles. The van der Waals surface area contributed by atoms with Crippen LogP contribution in [0.3, 0.4) is 0 Å². The first-order chi connectivity index (χ1) is 17.0. The second-order valence-corrected chi connectivity index (χ2v) is 12.6. The Morgan fingerprint density at radius 1 is 1.06 bits per heavy atom. The van der Waals surface area contributed by atoms with Crippen molar-refractivity contribution in [1.29, 1.82) is 0 Å². The van der Waals surface area contributed by atoms with Crippen LogP contribution in [0.5, 0.6) is 0 Å². The third-order valence-electron chi connectivity index (χ3n) is 7.60. The quantitative estimate of drug-likeness (QED) is 0.609.